The second-order valence-electron chi connectivity index (χ2n) is 13.2. The number of nitrogens with zero attached hydrogens (tertiary/aromatic N) is 1. The van der Waals surface area contributed by atoms with Crippen LogP contribution in [0.1, 0.15) is 69.8 Å². The number of aliphatic hydroxyl groups is 2. The SMILES string of the molecule is CN(C)c1ccc([C@H]2C[C@@]3(C)C(CC[C@]3(O)C3OCCO3)C3CC[C@@]4(O)CC5(CCC4=C32)OCCO5)cc1. The van der Waals surface area contributed by atoms with Crippen molar-refractivity contribution in [3.05, 3.63) is 41.0 Å². The maximum Gasteiger partial charge on any atom is 0.187 e. The van der Waals surface area contributed by atoms with Gasteiger partial charge in [-0.1, -0.05) is 24.6 Å². The lowest BCUT2D eigenvalue weighted by Crippen LogP contribution is -2.59. The van der Waals surface area contributed by atoms with Crippen molar-refractivity contribution in [3.8, 4) is 0 Å². The second-order valence-corrected chi connectivity index (χ2v) is 13.2. The van der Waals surface area contributed by atoms with Crippen LogP contribution in [0.2, 0.25) is 0 Å². The van der Waals surface area contributed by atoms with Crippen LogP contribution >= 0.6 is 0 Å². The summed E-state index contributed by atoms with van der Waals surface area (Å²) in [5.74, 6) is 0.157. The van der Waals surface area contributed by atoms with Crippen LogP contribution in [-0.4, -0.2) is 74.0 Å². The summed E-state index contributed by atoms with van der Waals surface area (Å²) < 4.78 is 24.1. The number of hydrogen-bond acceptors (Lipinski definition) is 7. The average Bonchev–Trinajstić information content (AvgIpc) is 3.64. The molecule has 7 rings (SSSR count). The molecule has 4 aliphatic carbocycles. The number of allylic oxidation sites excluding steroid dienone is 1. The fraction of sp³-hybridized carbons (Fsp3) is 0.742. The van der Waals surface area contributed by atoms with E-state index in [1.165, 1.54) is 22.4 Å². The molecule has 1 spiro atoms. The van der Waals surface area contributed by atoms with Gasteiger partial charge in [-0.2, -0.15) is 0 Å². The predicted molar refractivity (Wildman–Crippen MR) is 143 cm³/mol. The largest absolute Gasteiger partial charge is 0.385 e. The van der Waals surface area contributed by atoms with Gasteiger partial charge in [0.1, 0.15) is 5.60 Å². The molecule has 2 saturated heterocycles. The highest BCUT2D eigenvalue weighted by atomic mass is 16.7. The van der Waals surface area contributed by atoms with Gasteiger partial charge >= 0.3 is 0 Å². The van der Waals surface area contributed by atoms with Crippen LogP contribution in [0, 0.1) is 17.3 Å². The number of rotatable bonds is 3. The molecule has 6 aliphatic rings. The van der Waals surface area contributed by atoms with Gasteiger partial charge in [-0.05, 0) is 73.6 Å². The Morgan fingerprint density at radius 1 is 0.895 bits per heavy atom. The Kier molecular flexibility index (Phi) is 5.87. The molecule has 6 atom stereocenters. The Morgan fingerprint density at radius 3 is 2.29 bits per heavy atom. The molecule has 2 N–H and O–H groups in total. The van der Waals surface area contributed by atoms with Crippen LogP contribution in [0.25, 0.3) is 0 Å². The van der Waals surface area contributed by atoms with Crippen molar-refractivity contribution in [2.45, 2.75) is 87.5 Å². The highest BCUT2D eigenvalue weighted by molar-refractivity contribution is 5.50. The second kappa shape index (κ2) is 8.76. The van der Waals surface area contributed by atoms with E-state index in [-0.39, 0.29) is 11.3 Å². The first-order valence-corrected chi connectivity index (χ1v) is 14.6. The Balaban J connectivity index is 1.34. The Morgan fingerprint density at radius 2 is 1.61 bits per heavy atom. The molecule has 3 saturated carbocycles. The smallest absolute Gasteiger partial charge is 0.187 e. The van der Waals surface area contributed by atoms with E-state index >= 15 is 0 Å². The van der Waals surface area contributed by atoms with Crippen molar-refractivity contribution in [3.63, 3.8) is 0 Å². The first kappa shape index (κ1) is 25.5. The van der Waals surface area contributed by atoms with Gasteiger partial charge in [0.15, 0.2) is 12.1 Å². The molecule has 0 amide bonds. The molecule has 2 heterocycles. The molecule has 1 aromatic carbocycles. The van der Waals surface area contributed by atoms with Crippen molar-refractivity contribution in [1.29, 1.82) is 0 Å². The van der Waals surface area contributed by atoms with Crippen LogP contribution in [-0.2, 0) is 18.9 Å². The molecule has 2 aliphatic heterocycles. The number of fused-ring (bicyclic) bond motifs is 4. The zero-order chi connectivity index (χ0) is 26.3. The Hall–Kier alpha value is -1.48. The molecular formula is C31H43NO6. The molecule has 38 heavy (non-hydrogen) atoms. The van der Waals surface area contributed by atoms with Crippen LogP contribution in [0.5, 0.6) is 0 Å². The molecule has 2 unspecified atom stereocenters. The van der Waals surface area contributed by atoms with E-state index in [0.29, 0.717) is 51.1 Å². The van der Waals surface area contributed by atoms with Crippen molar-refractivity contribution in [2.75, 3.05) is 45.4 Å². The summed E-state index contributed by atoms with van der Waals surface area (Å²) in [5.41, 5.74) is 2.85. The maximum atomic E-state index is 12.3. The highest BCUT2D eigenvalue weighted by Crippen LogP contribution is 2.68. The van der Waals surface area contributed by atoms with Gasteiger partial charge in [0, 0.05) is 44.0 Å². The molecule has 7 heteroatoms. The van der Waals surface area contributed by atoms with E-state index in [1.54, 1.807) is 0 Å². The van der Waals surface area contributed by atoms with E-state index in [2.05, 4.69) is 50.2 Å². The molecule has 1 aromatic rings. The summed E-state index contributed by atoms with van der Waals surface area (Å²) in [4.78, 5) is 2.12. The predicted octanol–water partition coefficient (Wildman–Crippen LogP) is 4.12. The fourth-order valence-electron chi connectivity index (χ4n) is 9.38. The van der Waals surface area contributed by atoms with Crippen LogP contribution in [0.4, 0.5) is 5.69 Å². The summed E-state index contributed by atoms with van der Waals surface area (Å²) in [6.45, 7) is 4.59. The normalized spacial score (nSPS) is 42.3. The van der Waals surface area contributed by atoms with Crippen LogP contribution in [0.15, 0.2) is 35.4 Å². The first-order valence-electron chi connectivity index (χ1n) is 14.6. The summed E-state index contributed by atoms with van der Waals surface area (Å²) >= 11 is 0. The minimum Gasteiger partial charge on any atom is -0.385 e. The third kappa shape index (κ3) is 3.55. The first-order chi connectivity index (χ1) is 18.2. The number of anilines is 1. The summed E-state index contributed by atoms with van der Waals surface area (Å²) in [5, 5.41) is 24.5. The summed E-state index contributed by atoms with van der Waals surface area (Å²) in [6.07, 6.45) is 5.67. The van der Waals surface area contributed by atoms with Gasteiger partial charge in [0.2, 0.25) is 0 Å². The Bertz CT molecular complexity index is 1110. The third-order valence-corrected chi connectivity index (χ3v) is 11.3. The number of hydrogen-bond donors (Lipinski definition) is 2. The fourth-order valence-corrected chi connectivity index (χ4v) is 9.38. The molecule has 0 radical (unpaired) electrons. The lowest BCUT2D eigenvalue weighted by atomic mass is 9.49. The zero-order valence-electron chi connectivity index (χ0n) is 23.1. The number of ether oxygens (including phenoxy) is 4. The van der Waals surface area contributed by atoms with Gasteiger partial charge in [0.05, 0.1) is 32.0 Å². The van der Waals surface area contributed by atoms with E-state index in [0.717, 1.165) is 38.5 Å². The van der Waals surface area contributed by atoms with Gasteiger partial charge in [-0.3, -0.25) is 0 Å². The highest BCUT2D eigenvalue weighted by Gasteiger charge is 2.67. The van der Waals surface area contributed by atoms with Crippen molar-refractivity contribution >= 4 is 5.69 Å². The average molecular weight is 526 g/mol. The minimum atomic E-state index is -1.01. The monoisotopic (exact) mass is 525 g/mol. The van der Waals surface area contributed by atoms with E-state index in [1.807, 2.05) is 0 Å². The molecule has 208 valence electrons. The molecule has 0 bridgehead atoms. The van der Waals surface area contributed by atoms with E-state index in [4.69, 9.17) is 18.9 Å². The third-order valence-electron chi connectivity index (χ3n) is 11.3. The van der Waals surface area contributed by atoms with E-state index < -0.39 is 23.3 Å². The van der Waals surface area contributed by atoms with Crippen LogP contribution in [0.3, 0.4) is 0 Å². The summed E-state index contributed by atoms with van der Waals surface area (Å²) in [7, 11) is 4.13. The van der Waals surface area contributed by atoms with Crippen LogP contribution < -0.4 is 4.90 Å². The van der Waals surface area contributed by atoms with Gasteiger partial charge < -0.3 is 34.1 Å². The topological polar surface area (TPSA) is 80.6 Å². The molecule has 0 aromatic heterocycles. The summed E-state index contributed by atoms with van der Waals surface area (Å²) in [6, 6.07) is 8.90. The number of benzene rings is 1. The van der Waals surface area contributed by atoms with Crippen molar-refractivity contribution in [1.82, 2.24) is 0 Å². The van der Waals surface area contributed by atoms with Crippen molar-refractivity contribution in [2.24, 2.45) is 17.3 Å². The molecular weight excluding hydrogens is 482 g/mol. The minimum absolute atomic E-state index is 0.129. The van der Waals surface area contributed by atoms with Gasteiger partial charge in [-0.25, -0.2) is 0 Å². The maximum absolute atomic E-state index is 12.3. The quantitative estimate of drug-likeness (QED) is 0.575. The molecule has 5 fully saturated rings. The van der Waals surface area contributed by atoms with Gasteiger partial charge in [0.25, 0.3) is 0 Å². The standard InChI is InChI=1S/C31H43NO6/c1-28-18-23(20-4-6-21(7-5-20)32(2)3)26-22(24(28)10-13-31(28,34)27-35-14-15-36-27)8-11-29(33)19-30(12-9-25(26)29)37-16-17-38-30/h4-7,22-24,27,33-34H,8-19H2,1-3H3/t22?,23-,24?,28+,29-,31+/m1/s1. The van der Waals surface area contributed by atoms with E-state index in [9.17, 15) is 10.2 Å². The Labute approximate surface area is 226 Å². The lowest BCUT2D eigenvalue weighted by Gasteiger charge is -2.58. The zero-order valence-corrected chi connectivity index (χ0v) is 23.1. The van der Waals surface area contributed by atoms with Crippen molar-refractivity contribution < 1.29 is 29.2 Å². The molecule has 7 nitrogen and oxygen atoms in total. The van der Waals surface area contributed by atoms with Gasteiger partial charge in [-0.15, -0.1) is 0 Å². The lowest BCUT2D eigenvalue weighted by molar-refractivity contribution is -0.233.